The molecule has 0 aliphatic rings. The summed E-state index contributed by atoms with van der Waals surface area (Å²) >= 11 is 1.64. The number of benzene rings is 1. The standard InChI is InChI=1S/C14H17N3OS/c1-2-10(15)14(18)17-12-8-9(5-6-11(12)16)13-4-3-7-19-13/h3-8,10H,2,15-16H2,1H3,(H,17,18). The number of rotatable bonds is 4. The number of thiophene rings is 1. The van der Waals surface area contributed by atoms with Gasteiger partial charge in [0.05, 0.1) is 17.4 Å². The van der Waals surface area contributed by atoms with Gasteiger partial charge in [0.15, 0.2) is 0 Å². The number of amides is 1. The highest BCUT2D eigenvalue weighted by Gasteiger charge is 2.13. The van der Waals surface area contributed by atoms with E-state index >= 15 is 0 Å². The molecule has 0 aliphatic carbocycles. The van der Waals surface area contributed by atoms with Gasteiger partial charge in [-0.3, -0.25) is 4.79 Å². The Balaban J connectivity index is 2.25. The molecule has 0 saturated carbocycles. The lowest BCUT2D eigenvalue weighted by atomic mass is 10.1. The summed E-state index contributed by atoms with van der Waals surface area (Å²) in [5.41, 5.74) is 13.8. The summed E-state index contributed by atoms with van der Waals surface area (Å²) < 4.78 is 0. The Morgan fingerprint density at radius 3 is 2.84 bits per heavy atom. The number of anilines is 2. The van der Waals surface area contributed by atoms with Crippen molar-refractivity contribution in [2.45, 2.75) is 19.4 Å². The second-order valence-electron chi connectivity index (χ2n) is 4.28. The van der Waals surface area contributed by atoms with E-state index in [1.807, 2.05) is 36.6 Å². The lowest BCUT2D eigenvalue weighted by molar-refractivity contribution is -0.117. The number of hydrogen-bond donors (Lipinski definition) is 3. The monoisotopic (exact) mass is 275 g/mol. The average molecular weight is 275 g/mol. The predicted octanol–water partition coefficient (Wildman–Crippen LogP) is 2.67. The second kappa shape index (κ2) is 5.86. The topological polar surface area (TPSA) is 81.1 Å². The van der Waals surface area contributed by atoms with Crippen LogP contribution in [0.5, 0.6) is 0 Å². The molecular weight excluding hydrogens is 258 g/mol. The van der Waals surface area contributed by atoms with E-state index in [1.54, 1.807) is 17.4 Å². The maximum absolute atomic E-state index is 11.8. The smallest absolute Gasteiger partial charge is 0.241 e. The van der Waals surface area contributed by atoms with Crippen LogP contribution in [0.4, 0.5) is 11.4 Å². The van der Waals surface area contributed by atoms with Crippen LogP contribution in [0, 0.1) is 0 Å². The molecule has 1 heterocycles. The molecule has 4 nitrogen and oxygen atoms in total. The Hall–Kier alpha value is -1.85. The quantitative estimate of drug-likeness (QED) is 0.750. The van der Waals surface area contributed by atoms with Crippen molar-refractivity contribution in [2.24, 2.45) is 5.73 Å². The molecule has 5 N–H and O–H groups in total. The molecule has 100 valence electrons. The first-order valence-corrected chi connectivity index (χ1v) is 6.99. The summed E-state index contributed by atoms with van der Waals surface area (Å²) in [4.78, 5) is 12.9. The lowest BCUT2D eigenvalue weighted by Crippen LogP contribution is -2.35. The number of nitrogen functional groups attached to an aromatic ring is 1. The Bertz CT molecular complexity index is 566. The molecule has 0 aliphatic heterocycles. The van der Waals surface area contributed by atoms with Crippen LogP contribution < -0.4 is 16.8 Å². The van der Waals surface area contributed by atoms with E-state index in [1.165, 1.54) is 0 Å². The maximum Gasteiger partial charge on any atom is 0.241 e. The molecule has 1 aromatic heterocycles. The highest BCUT2D eigenvalue weighted by Crippen LogP contribution is 2.30. The summed E-state index contributed by atoms with van der Waals surface area (Å²) in [5.74, 6) is -0.211. The van der Waals surface area contributed by atoms with Crippen molar-refractivity contribution in [1.29, 1.82) is 0 Å². The summed E-state index contributed by atoms with van der Waals surface area (Å²) in [6.07, 6.45) is 0.594. The van der Waals surface area contributed by atoms with E-state index in [9.17, 15) is 4.79 Å². The minimum atomic E-state index is -0.509. The molecule has 1 amide bonds. The van der Waals surface area contributed by atoms with Gasteiger partial charge in [-0.15, -0.1) is 11.3 Å². The van der Waals surface area contributed by atoms with Crippen LogP contribution in [0.3, 0.4) is 0 Å². The van der Waals surface area contributed by atoms with Crippen LogP contribution in [-0.4, -0.2) is 11.9 Å². The van der Waals surface area contributed by atoms with Crippen LogP contribution in [0.15, 0.2) is 35.7 Å². The van der Waals surface area contributed by atoms with Crippen molar-refractivity contribution in [3.8, 4) is 10.4 Å². The number of nitrogens with two attached hydrogens (primary N) is 2. The summed E-state index contributed by atoms with van der Waals surface area (Å²) in [5, 5.41) is 4.79. The summed E-state index contributed by atoms with van der Waals surface area (Å²) in [6.45, 7) is 1.87. The minimum Gasteiger partial charge on any atom is -0.397 e. The second-order valence-corrected chi connectivity index (χ2v) is 5.23. The minimum absolute atomic E-state index is 0.211. The van der Waals surface area contributed by atoms with E-state index in [-0.39, 0.29) is 5.91 Å². The van der Waals surface area contributed by atoms with Gasteiger partial charge in [0.25, 0.3) is 0 Å². The first-order valence-electron chi connectivity index (χ1n) is 6.11. The van der Waals surface area contributed by atoms with Gasteiger partial charge in [-0.05, 0) is 35.6 Å². The fourth-order valence-corrected chi connectivity index (χ4v) is 2.40. The van der Waals surface area contributed by atoms with E-state index in [2.05, 4.69) is 5.32 Å². The molecule has 1 aromatic carbocycles. The van der Waals surface area contributed by atoms with Gasteiger partial charge >= 0.3 is 0 Å². The van der Waals surface area contributed by atoms with Crippen molar-refractivity contribution in [3.63, 3.8) is 0 Å². The van der Waals surface area contributed by atoms with Gasteiger partial charge in [0, 0.05) is 4.88 Å². The van der Waals surface area contributed by atoms with Gasteiger partial charge in [-0.25, -0.2) is 0 Å². The molecular formula is C14H17N3OS. The van der Waals surface area contributed by atoms with E-state index in [0.717, 1.165) is 10.4 Å². The summed E-state index contributed by atoms with van der Waals surface area (Å²) in [7, 11) is 0. The van der Waals surface area contributed by atoms with Crippen LogP contribution in [0.1, 0.15) is 13.3 Å². The Kier molecular flexibility index (Phi) is 4.19. The third-order valence-corrected chi connectivity index (χ3v) is 3.81. The molecule has 0 spiro atoms. The van der Waals surface area contributed by atoms with Gasteiger partial charge in [0.1, 0.15) is 0 Å². The van der Waals surface area contributed by atoms with Crippen molar-refractivity contribution < 1.29 is 4.79 Å². The highest BCUT2D eigenvalue weighted by molar-refractivity contribution is 7.13. The fourth-order valence-electron chi connectivity index (χ4n) is 1.67. The highest BCUT2D eigenvalue weighted by atomic mass is 32.1. The summed E-state index contributed by atoms with van der Waals surface area (Å²) in [6, 6.07) is 9.12. The third-order valence-electron chi connectivity index (χ3n) is 2.89. The number of nitrogens with one attached hydrogen (secondary N) is 1. The zero-order chi connectivity index (χ0) is 13.8. The van der Waals surface area contributed by atoms with Gasteiger partial charge < -0.3 is 16.8 Å². The predicted molar refractivity (Wildman–Crippen MR) is 81.1 cm³/mol. The van der Waals surface area contributed by atoms with Crippen LogP contribution in [0.25, 0.3) is 10.4 Å². The van der Waals surface area contributed by atoms with Gasteiger partial charge in [0.2, 0.25) is 5.91 Å². The molecule has 2 rings (SSSR count). The van der Waals surface area contributed by atoms with Gasteiger partial charge in [-0.2, -0.15) is 0 Å². The molecule has 5 heteroatoms. The number of hydrogen-bond acceptors (Lipinski definition) is 4. The van der Waals surface area contributed by atoms with E-state index in [0.29, 0.717) is 17.8 Å². The van der Waals surface area contributed by atoms with Crippen LogP contribution >= 0.6 is 11.3 Å². The van der Waals surface area contributed by atoms with Crippen molar-refractivity contribution in [3.05, 3.63) is 35.7 Å². The van der Waals surface area contributed by atoms with E-state index in [4.69, 9.17) is 11.5 Å². The van der Waals surface area contributed by atoms with Crippen molar-refractivity contribution in [2.75, 3.05) is 11.1 Å². The Morgan fingerprint density at radius 2 is 2.21 bits per heavy atom. The zero-order valence-electron chi connectivity index (χ0n) is 10.7. The molecule has 0 radical (unpaired) electrons. The number of carbonyl (C=O) groups excluding carboxylic acids is 1. The first kappa shape index (κ1) is 13.6. The maximum atomic E-state index is 11.8. The lowest BCUT2D eigenvalue weighted by Gasteiger charge is -2.13. The largest absolute Gasteiger partial charge is 0.397 e. The third kappa shape index (κ3) is 3.13. The molecule has 1 atom stereocenters. The molecule has 1 unspecified atom stereocenters. The molecule has 0 fully saturated rings. The van der Waals surface area contributed by atoms with Crippen molar-refractivity contribution in [1.82, 2.24) is 0 Å². The van der Waals surface area contributed by atoms with Crippen LogP contribution in [0.2, 0.25) is 0 Å². The Labute approximate surface area is 116 Å². The SMILES string of the molecule is CCC(N)C(=O)Nc1cc(-c2cccs2)ccc1N. The molecule has 2 aromatic rings. The Morgan fingerprint density at radius 1 is 1.42 bits per heavy atom. The van der Waals surface area contributed by atoms with Gasteiger partial charge in [-0.1, -0.05) is 19.1 Å². The number of carbonyl (C=O) groups is 1. The first-order chi connectivity index (χ1) is 9.11. The molecule has 19 heavy (non-hydrogen) atoms. The zero-order valence-corrected chi connectivity index (χ0v) is 11.5. The van der Waals surface area contributed by atoms with Crippen LogP contribution in [-0.2, 0) is 4.79 Å². The fraction of sp³-hybridized carbons (Fsp3) is 0.214. The normalized spacial score (nSPS) is 12.1. The van der Waals surface area contributed by atoms with E-state index < -0.39 is 6.04 Å². The molecule has 0 saturated heterocycles. The average Bonchev–Trinajstić information content (AvgIpc) is 2.94. The molecule has 0 bridgehead atoms. The van der Waals surface area contributed by atoms with Crippen molar-refractivity contribution >= 4 is 28.6 Å².